The lowest BCUT2D eigenvalue weighted by Gasteiger charge is -2.11. The SMILES string of the molecule is Nc1cc(Br)cc(Br)c1NC(=O)c1ccc(I)cc1. The van der Waals surface area contributed by atoms with Crippen LogP contribution in [0.5, 0.6) is 0 Å². The molecule has 0 saturated heterocycles. The van der Waals surface area contributed by atoms with E-state index in [2.05, 4.69) is 59.8 Å². The summed E-state index contributed by atoms with van der Waals surface area (Å²) in [6.45, 7) is 0. The monoisotopic (exact) mass is 494 g/mol. The average molecular weight is 496 g/mol. The Labute approximate surface area is 141 Å². The van der Waals surface area contributed by atoms with Gasteiger partial charge in [0.1, 0.15) is 0 Å². The fourth-order valence-electron chi connectivity index (χ4n) is 1.51. The van der Waals surface area contributed by atoms with Crippen LogP contribution >= 0.6 is 54.5 Å². The van der Waals surface area contributed by atoms with Crippen LogP contribution in [0, 0.1) is 3.57 Å². The first-order chi connectivity index (χ1) is 8.97. The third-order valence-corrected chi connectivity index (χ3v) is 4.23. The van der Waals surface area contributed by atoms with E-state index in [-0.39, 0.29) is 5.91 Å². The third-order valence-electron chi connectivity index (χ3n) is 2.43. The van der Waals surface area contributed by atoms with E-state index >= 15 is 0 Å². The van der Waals surface area contributed by atoms with Crippen molar-refractivity contribution in [3.63, 3.8) is 0 Å². The molecule has 0 saturated carbocycles. The average Bonchev–Trinajstić information content (AvgIpc) is 2.34. The Kier molecular flexibility index (Phi) is 4.86. The molecule has 98 valence electrons. The highest BCUT2D eigenvalue weighted by molar-refractivity contribution is 14.1. The van der Waals surface area contributed by atoms with Crippen LogP contribution in [0.1, 0.15) is 10.4 Å². The Morgan fingerprint density at radius 3 is 2.37 bits per heavy atom. The number of nitrogen functional groups attached to an aromatic ring is 1. The van der Waals surface area contributed by atoms with Crippen LogP contribution in [-0.4, -0.2) is 5.91 Å². The number of nitrogens with one attached hydrogen (secondary N) is 1. The summed E-state index contributed by atoms with van der Waals surface area (Å²) in [4.78, 5) is 12.1. The molecule has 2 aromatic rings. The molecule has 0 aromatic heterocycles. The summed E-state index contributed by atoms with van der Waals surface area (Å²) in [5.74, 6) is -0.189. The predicted octanol–water partition coefficient (Wildman–Crippen LogP) is 4.65. The van der Waals surface area contributed by atoms with Gasteiger partial charge in [-0.25, -0.2) is 0 Å². The highest BCUT2D eigenvalue weighted by Crippen LogP contribution is 2.32. The smallest absolute Gasteiger partial charge is 0.255 e. The normalized spacial score (nSPS) is 10.3. The van der Waals surface area contributed by atoms with Gasteiger partial charge in [0.2, 0.25) is 0 Å². The summed E-state index contributed by atoms with van der Waals surface area (Å²) in [5.41, 5.74) is 7.56. The summed E-state index contributed by atoms with van der Waals surface area (Å²) < 4.78 is 2.67. The molecule has 0 heterocycles. The summed E-state index contributed by atoms with van der Waals surface area (Å²) in [7, 11) is 0. The van der Waals surface area contributed by atoms with E-state index in [4.69, 9.17) is 5.73 Å². The maximum absolute atomic E-state index is 12.1. The topological polar surface area (TPSA) is 55.1 Å². The largest absolute Gasteiger partial charge is 0.397 e. The van der Waals surface area contributed by atoms with Gasteiger partial charge in [-0.3, -0.25) is 4.79 Å². The van der Waals surface area contributed by atoms with Crippen molar-refractivity contribution in [2.24, 2.45) is 0 Å². The number of rotatable bonds is 2. The molecular formula is C13H9Br2IN2O. The number of hydrogen-bond acceptors (Lipinski definition) is 2. The van der Waals surface area contributed by atoms with Gasteiger partial charge in [0, 0.05) is 18.1 Å². The molecule has 3 N–H and O–H groups in total. The molecular weight excluding hydrogens is 487 g/mol. The number of carbonyl (C=O) groups excluding carboxylic acids is 1. The summed E-state index contributed by atoms with van der Waals surface area (Å²) >= 11 is 8.92. The molecule has 1 amide bonds. The first-order valence-corrected chi connectivity index (χ1v) is 7.95. The summed E-state index contributed by atoms with van der Waals surface area (Å²) in [5, 5.41) is 2.81. The molecule has 0 fully saturated rings. The molecule has 0 aliphatic carbocycles. The molecule has 2 rings (SSSR count). The number of hydrogen-bond donors (Lipinski definition) is 2. The van der Waals surface area contributed by atoms with E-state index in [1.165, 1.54) is 0 Å². The maximum Gasteiger partial charge on any atom is 0.255 e. The quantitative estimate of drug-likeness (QED) is 0.471. The molecule has 19 heavy (non-hydrogen) atoms. The second kappa shape index (κ2) is 6.23. The van der Waals surface area contributed by atoms with Crippen molar-refractivity contribution in [1.82, 2.24) is 0 Å². The zero-order chi connectivity index (χ0) is 14.0. The Morgan fingerprint density at radius 2 is 1.79 bits per heavy atom. The van der Waals surface area contributed by atoms with E-state index < -0.39 is 0 Å². The second-order valence-electron chi connectivity index (χ2n) is 3.81. The van der Waals surface area contributed by atoms with Crippen molar-refractivity contribution in [3.05, 3.63) is 54.5 Å². The van der Waals surface area contributed by atoms with Gasteiger partial charge in [-0.1, -0.05) is 15.9 Å². The summed E-state index contributed by atoms with van der Waals surface area (Å²) in [6.07, 6.45) is 0. The molecule has 0 aliphatic heterocycles. The van der Waals surface area contributed by atoms with Gasteiger partial charge in [0.05, 0.1) is 11.4 Å². The van der Waals surface area contributed by atoms with Crippen LogP contribution in [0.15, 0.2) is 45.3 Å². The van der Waals surface area contributed by atoms with E-state index in [9.17, 15) is 4.79 Å². The third kappa shape index (κ3) is 3.70. The highest BCUT2D eigenvalue weighted by atomic mass is 127. The minimum absolute atomic E-state index is 0.189. The first kappa shape index (κ1) is 14.8. The van der Waals surface area contributed by atoms with Crippen LogP contribution in [0.4, 0.5) is 11.4 Å². The second-order valence-corrected chi connectivity index (χ2v) is 6.83. The van der Waals surface area contributed by atoms with E-state index in [0.717, 1.165) is 12.5 Å². The van der Waals surface area contributed by atoms with Crippen molar-refractivity contribution in [3.8, 4) is 0 Å². The zero-order valence-corrected chi connectivity index (χ0v) is 14.9. The minimum Gasteiger partial charge on any atom is -0.397 e. The Hall–Kier alpha value is -0.600. The fraction of sp³-hybridized carbons (Fsp3) is 0. The number of benzene rings is 2. The van der Waals surface area contributed by atoms with Crippen molar-refractivity contribution in [2.75, 3.05) is 11.1 Å². The van der Waals surface area contributed by atoms with Crippen LogP contribution in [-0.2, 0) is 0 Å². The Balaban J connectivity index is 2.26. The van der Waals surface area contributed by atoms with Gasteiger partial charge >= 0.3 is 0 Å². The predicted molar refractivity (Wildman–Crippen MR) is 93.4 cm³/mol. The van der Waals surface area contributed by atoms with Crippen LogP contribution in [0.2, 0.25) is 0 Å². The molecule has 2 aromatic carbocycles. The van der Waals surface area contributed by atoms with Crippen LogP contribution < -0.4 is 11.1 Å². The van der Waals surface area contributed by atoms with Gasteiger partial charge in [0.25, 0.3) is 5.91 Å². The molecule has 0 spiro atoms. The highest BCUT2D eigenvalue weighted by Gasteiger charge is 2.11. The standard InChI is InChI=1S/C13H9Br2IN2O/c14-8-5-10(15)12(11(17)6-8)18-13(19)7-1-3-9(16)4-2-7/h1-6H,17H2,(H,18,19). The summed E-state index contributed by atoms with van der Waals surface area (Å²) in [6, 6.07) is 10.9. The number of nitrogens with two attached hydrogens (primary N) is 1. The van der Waals surface area contributed by atoms with Crippen molar-refractivity contribution < 1.29 is 4.79 Å². The number of amides is 1. The lowest BCUT2D eigenvalue weighted by Crippen LogP contribution is -2.13. The van der Waals surface area contributed by atoms with Gasteiger partial charge in [-0.2, -0.15) is 0 Å². The molecule has 0 bridgehead atoms. The van der Waals surface area contributed by atoms with Crippen LogP contribution in [0.25, 0.3) is 0 Å². The van der Waals surface area contributed by atoms with Gasteiger partial charge in [0.15, 0.2) is 0 Å². The minimum atomic E-state index is -0.189. The van der Waals surface area contributed by atoms with E-state index in [1.807, 2.05) is 18.2 Å². The fourth-order valence-corrected chi connectivity index (χ4v) is 3.23. The van der Waals surface area contributed by atoms with E-state index in [1.54, 1.807) is 18.2 Å². The molecule has 0 radical (unpaired) electrons. The lowest BCUT2D eigenvalue weighted by atomic mass is 10.2. The number of halogens is 3. The van der Waals surface area contributed by atoms with Crippen LogP contribution in [0.3, 0.4) is 0 Å². The number of anilines is 2. The van der Waals surface area contributed by atoms with Gasteiger partial charge < -0.3 is 11.1 Å². The molecule has 0 aliphatic rings. The first-order valence-electron chi connectivity index (χ1n) is 5.29. The van der Waals surface area contributed by atoms with Crippen molar-refractivity contribution in [1.29, 1.82) is 0 Å². The molecule has 6 heteroatoms. The van der Waals surface area contributed by atoms with E-state index in [0.29, 0.717) is 16.9 Å². The maximum atomic E-state index is 12.1. The lowest BCUT2D eigenvalue weighted by molar-refractivity contribution is 0.102. The Bertz CT molecular complexity index is 606. The Morgan fingerprint density at radius 1 is 1.16 bits per heavy atom. The zero-order valence-electron chi connectivity index (χ0n) is 9.58. The molecule has 0 unspecified atom stereocenters. The molecule has 3 nitrogen and oxygen atoms in total. The van der Waals surface area contributed by atoms with Crippen molar-refractivity contribution >= 4 is 71.7 Å². The molecule has 0 atom stereocenters. The van der Waals surface area contributed by atoms with Gasteiger partial charge in [-0.05, 0) is 74.9 Å². The van der Waals surface area contributed by atoms with Crippen molar-refractivity contribution in [2.45, 2.75) is 0 Å². The number of carbonyl (C=O) groups is 1. The van der Waals surface area contributed by atoms with Gasteiger partial charge in [-0.15, -0.1) is 0 Å².